The zero-order chi connectivity index (χ0) is 12.3. The maximum absolute atomic E-state index is 12.3. The predicted molar refractivity (Wildman–Crippen MR) is 68.5 cm³/mol. The molecule has 0 bridgehead atoms. The molecule has 2 rings (SSSR count). The van der Waals surface area contributed by atoms with Gasteiger partial charge in [0.05, 0.1) is 6.54 Å². The van der Waals surface area contributed by atoms with E-state index in [4.69, 9.17) is 0 Å². The third-order valence-corrected chi connectivity index (χ3v) is 3.66. The van der Waals surface area contributed by atoms with Crippen molar-refractivity contribution >= 4 is 5.91 Å². The van der Waals surface area contributed by atoms with E-state index in [1.165, 1.54) is 12.1 Å². The minimum atomic E-state index is 0.307. The van der Waals surface area contributed by atoms with Crippen molar-refractivity contribution in [3.8, 4) is 0 Å². The number of rotatable bonds is 5. The largest absolute Gasteiger partial charge is 0.353 e. The minimum Gasteiger partial charge on any atom is -0.353 e. The van der Waals surface area contributed by atoms with Gasteiger partial charge in [0, 0.05) is 31.4 Å². The van der Waals surface area contributed by atoms with Crippen molar-refractivity contribution < 1.29 is 4.79 Å². The number of hydrogen-bond acceptors (Lipinski definition) is 1. The van der Waals surface area contributed by atoms with Crippen LogP contribution in [0.1, 0.15) is 38.3 Å². The molecule has 1 aromatic heterocycles. The number of aromatic nitrogens is 1. The Morgan fingerprint density at radius 2 is 2.29 bits per heavy atom. The highest BCUT2D eigenvalue weighted by atomic mass is 16.2. The summed E-state index contributed by atoms with van der Waals surface area (Å²) in [6.45, 7) is 3.76. The number of carbonyl (C=O) groups excluding carboxylic acids is 1. The molecule has 1 heterocycles. The molecule has 1 fully saturated rings. The summed E-state index contributed by atoms with van der Waals surface area (Å²) in [7, 11) is 2.04. The van der Waals surface area contributed by atoms with Crippen molar-refractivity contribution in [3.63, 3.8) is 0 Å². The molecule has 3 nitrogen and oxygen atoms in total. The Bertz CT molecular complexity index is 379. The molecule has 17 heavy (non-hydrogen) atoms. The second-order valence-corrected chi connectivity index (χ2v) is 5.00. The van der Waals surface area contributed by atoms with Crippen LogP contribution in [0.5, 0.6) is 0 Å². The van der Waals surface area contributed by atoms with Crippen molar-refractivity contribution in [3.05, 3.63) is 24.0 Å². The van der Waals surface area contributed by atoms with E-state index >= 15 is 0 Å². The summed E-state index contributed by atoms with van der Waals surface area (Å²) in [6.07, 6.45) is 6.47. The third kappa shape index (κ3) is 2.71. The summed E-state index contributed by atoms with van der Waals surface area (Å²) in [6, 6.07) is 4.13. The number of amides is 1. The number of nitrogens with zero attached hydrogens (tertiary/aromatic N) is 2. The molecule has 0 radical (unpaired) electrons. The highest BCUT2D eigenvalue weighted by Gasteiger charge is 2.29. The van der Waals surface area contributed by atoms with Crippen LogP contribution in [-0.2, 0) is 18.4 Å². The molecule has 0 spiro atoms. The van der Waals surface area contributed by atoms with E-state index in [-0.39, 0.29) is 0 Å². The molecule has 0 aliphatic heterocycles. The number of aryl methyl sites for hydroxylation is 1. The third-order valence-electron chi connectivity index (χ3n) is 3.66. The topological polar surface area (TPSA) is 25.2 Å². The van der Waals surface area contributed by atoms with Gasteiger partial charge in [0.15, 0.2) is 0 Å². The number of hydrogen-bond donors (Lipinski definition) is 0. The second-order valence-electron chi connectivity index (χ2n) is 5.00. The van der Waals surface area contributed by atoms with Crippen LogP contribution in [-0.4, -0.2) is 21.9 Å². The Labute approximate surface area is 103 Å². The highest BCUT2D eigenvalue weighted by Crippen LogP contribution is 2.28. The van der Waals surface area contributed by atoms with Gasteiger partial charge in [-0.2, -0.15) is 0 Å². The lowest BCUT2D eigenvalue weighted by molar-refractivity contribution is -0.138. The first-order valence-corrected chi connectivity index (χ1v) is 6.61. The average Bonchev–Trinajstić information content (AvgIpc) is 2.61. The maximum Gasteiger partial charge on any atom is 0.226 e. The summed E-state index contributed by atoms with van der Waals surface area (Å²) < 4.78 is 2.09. The van der Waals surface area contributed by atoms with Crippen LogP contribution in [0.3, 0.4) is 0 Å². The SMILES string of the molecule is CCCN(Cc1cccn1C)C(=O)C1CCC1. The average molecular weight is 234 g/mol. The molecule has 0 aromatic carbocycles. The molecule has 1 aliphatic carbocycles. The standard InChI is InChI=1S/C14H22N2O/c1-3-9-16(14(17)12-6-4-7-12)11-13-8-5-10-15(13)2/h5,8,10,12H,3-4,6-7,9,11H2,1-2H3. The van der Waals surface area contributed by atoms with E-state index in [1.54, 1.807) is 0 Å². The van der Waals surface area contributed by atoms with Crippen molar-refractivity contribution in [1.29, 1.82) is 0 Å². The second kappa shape index (κ2) is 5.39. The molecule has 0 unspecified atom stereocenters. The van der Waals surface area contributed by atoms with Gasteiger partial charge in [0.25, 0.3) is 0 Å². The Kier molecular flexibility index (Phi) is 3.87. The lowest BCUT2D eigenvalue weighted by Gasteiger charge is -2.31. The summed E-state index contributed by atoms with van der Waals surface area (Å²) in [5, 5.41) is 0. The van der Waals surface area contributed by atoms with Crippen molar-refractivity contribution in [1.82, 2.24) is 9.47 Å². The fourth-order valence-electron chi connectivity index (χ4n) is 2.31. The first-order chi connectivity index (χ1) is 8.22. The highest BCUT2D eigenvalue weighted by molar-refractivity contribution is 5.79. The fraction of sp³-hybridized carbons (Fsp3) is 0.643. The molecule has 1 aliphatic rings. The van der Waals surface area contributed by atoms with Crippen LogP contribution in [0, 0.1) is 5.92 Å². The Morgan fingerprint density at radius 3 is 2.76 bits per heavy atom. The van der Waals surface area contributed by atoms with E-state index in [9.17, 15) is 4.79 Å². The van der Waals surface area contributed by atoms with E-state index in [0.717, 1.165) is 32.4 Å². The van der Waals surface area contributed by atoms with Crippen molar-refractivity contribution in [2.45, 2.75) is 39.2 Å². The van der Waals surface area contributed by atoms with Gasteiger partial charge >= 0.3 is 0 Å². The summed E-state index contributed by atoms with van der Waals surface area (Å²) in [5.74, 6) is 0.668. The maximum atomic E-state index is 12.3. The lowest BCUT2D eigenvalue weighted by atomic mass is 9.84. The molecule has 3 heteroatoms. The zero-order valence-electron chi connectivity index (χ0n) is 10.9. The van der Waals surface area contributed by atoms with Gasteiger partial charge in [0.1, 0.15) is 0 Å². The van der Waals surface area contributed by atoms with Gasteiger partial charge in [-0.05, 0) is 31.4 Å². The Balaban J connectivity index is 2.01. The first-order valence-electron chi connectivity index (χ1n) is 6.61. The van der Waals surface area contributed by atoms with Crippen LogP contribution >= 0.6 is 0 Å². The van der Waals surface area contributed by atoms with E-state index < -0.39 is 0 Å². The lowest BCUT2D eigenvalue weighted by Crippen LogP contribution is -2.39. The van der Waals surface area contributed by atoms with E-state index in [1.807, 2.05) is 24.2 Å². The molecule has 0 N–H and O–H groups in total. The number of carbonyl (C=O) groups is 1. The van der Waals surface area contributed by atoms with Crippen LogP contribution in [0.15, 0.2) is 18.3 Å². The predicted octanol–water partition coefficient (Wildman–Crippen LogP) is 2.56. The van der Waals surface area contributed by atoms with Gasteiger partial charge < -0.3 is 9.47 Å². The van der Waals surface area contributed by atoms with E-state index in [2.05, 4.69) is 17.6 Å². The van der Waals surface area contributed by atoms with Crippen LogP contribution in [0.2, 0.25) is 0 Å². The molecular formula is C14H22N2O. The van der Waals surface area contributed by atoms with Gasteiger partial charge in [0.2, 0.25) is 5.91 Å². The first kappa shape index (κ1) is 12.2. The van der Waals surface area contributed by atoms with Crippen LogP contribution in [0.25, 0.3) is 0 Å². The van der Waals surface area contributed by atoms with Gasteiger partial charge in [-0.3, -0.25) is 4.79 Å². The van der Waals surface area contributed by atoms with E-state index in [0.29, 0.717) is 11.8 Å². The monoisotopic (exact) mass is 234 g/mol. The normalized spacial score (nSPS) is 15.6. The minimum absolute atomic E-state index is 0.307. The molecular weight excluding hydrogens is 212 g/mol. The molecule has 1 aromatic rings. The Hall–Kier alpha value is -1.25. The molecule has 94 valence electrons. The summed E-state index contributed by atoms with van der Waals surface area (Å²) >= 11 is 0. The molecule has 0 saturated heterocycles. The quantitative estimate of drug-likeness (QED) is 0.768. The van der Waals surface area contributed by atoms with Gasteiger partial charge in [-0.25, -0.2) is 0 Å². The molecule has 1 saturated carbocycles. The summed E-state index contributed by atoms with van der Waals surface area (Å²) in [5.41, 5.74) is 1.21. The van der Waals surface area contributed by atoms with Gasteiger partial charge in [-0.15, -0.1) is 0 Å². The fourth-order valence-corrected chi connectivity index (χ4v) is 2.31. The van der Waals surface area contributed by atoms with Crippen molar-refractivity contribution in [2.75, 3.05) is 6.54 Å². The van der Waals surface area contributed by atoms with Crippen LogP contribution < -0.4 is 0 Å². The van der Waals surface area contributed by atoms with Crippen molar-refractivity contribution in [2.24, 2.45) is 13.0 Å². The van der Waals surface area contributed by atoms with Crippen LogP contribution in [0.4, 0.5) is 0 Å². The molecule has 0 atom stereocenters. The smallest absolute Gasteiger partial charge is 0.226 e. The summed E-state index contributed by atoms with van der Waals surface area (Å²) in [4.78, 5) is 14.3. The van der Waals surface area contributed by atoms with Gasteiger partial charge in [-0.1, -0.05) is 13.3 Å². The Morgan fingerprint density at radius 1 is 1.53 bits per heavy atom. The zero-order valence-corrected chi connectivity index (χ0v) is 10.9. The molecule has 1 amide bonds.